The number of likely N-dealkylation sites (tertiary alicyclic amines) is 1. The highest BCUT2D eigenvalue weighted by atomic mass is 15.2. The molecule has 0 aromatic heterocycles. The Balaban J connectivity index is 2.24. The average Bonchev–Trinajstić information content (AvgIpc) is 2.79. The van der Waals surface area contributed by atoms with Crippen LogP contribution in [-0.2, 0) is 0 Å². The molecule has 1 aliphatic heterocycles. The summed E-state index contributed by atoms with van der Waals surface area (Å²) < 4.78 is 0. The van der Waals surface area contributed by atoms with Gasteiger partial charge in [0.25, 0.3) is 0 Å². The summed E-state index contributed by atoms with van der Waals surface area (Å²) in [5.74, 6) is 0. The molecule has 2 heteroatoms. The van der Waals surface area contributed by atoms with Gasteiger partial charge in [-0.25, -0.2) is 0 Å². The fraction of sp³-hybridized carbons (Fsp3) is 1.00. The molecular weight excluding hydrogens is 220 g/mol. The highest BCUT2D eigenvalue weighted by Crippen LogP contribution is 2.44. The smallest absolute Gasteiger partial charge is 0.0367 e. The number of hydrogen-bond acceptors (Lipinski definition) is 2. The van der Waals surface area contributed by atoms with Gasteiger partial charge < -0.3 is 5.32 Å². The summed E-state index contributed by atoms with van der Waals surface area (Å²) >= 11 is 0. The van der Waals surface area contributed by atoms with Gasteiger partial charge in [0.2, 0.25) is 0 Å². The van der Waals surface area contributed by atoms with Crippen LogP contribution >= 0.6 is 0 Å². The lowest BCUT2D eigenvalue weighted by Crippen LogP contribution is -2.64. The second-order valence-corrected chi connectivity index (χ2v) is 7.45. The molecule has 1 aliphatic carbocycles. The normalized spacial score (nSPS) is 27.3. The highest BCUT2D eigenvalue weighted by Gasteiger charge is 2.49. The van der Waals surface area contributed by atoms with Gasteiger partial charge in [0, 0.05) is 11.6 Å². The van der Waals surface area contributed by atoms with E-state index < -0.39 is 0 Å². The Morgan fingerprint density at radius 2 is 1.50 bits per heavy atom. The van der Waals surface area contributed by atoms with Crippen molar-refractivity contribution in [3.63, 3.8) is 0 Å². The van der Waals surface area contributed by atoms with Crippen LogP contribution in [0.5, 0.6) is 0 Å². The van der Waals surface area contributed by atoms with Crippen LogP contribution < -0.4 is 5.32 Å². The molecule has 2 nitrogen and oxygen atoms in total. The van der Waals surface area contributed by atoms with Crippen LogP contribution in [0, 0.1) is 5.41 Å². The summed E-state index contributed by atoms with van der Waals surface area (Å²) in [4.78, 5) is 2.84. The van der Waals surface area contributed by atoms with E-state index in [1.165, 1.54) is 58.0 Å². The third-order valence-electron chi connectivity index (χ3n) is 5.15. The van der Waals surface area contributed by atoms with Gasteiger partial charge in [-0.2, -0.15) is 0 Å². The number of likely N-dealkylation sites (N-methyl/N-ethyl adjacent to an activating group) is 1. The Bertz CT molecular complexity index is 255. The minimum absolute atomic E-state index is 0.344. The van der Waals surface area contributed by atoms with Crippen LogP contribution in [0.3, 0.4) is 0 Å². The summed E-state index contributed by atoms with van der Waals surface area (Å²) in [5, 5.41) is 3.68. The molecule has 1 saturated heterocycles. The van der Waals surface area contributed by atoms with E-state index in [9.17, 15) is 0 Å². The molecule has 1 atom stereocenters. The Morgan fingerprint density at radius 3 is 1.94 bits per heavy atom. The van der Waals surface area contributed by atoms with Crippen molar-refractivity contribution in [2.45, 2.75) is 77.3 Å². The van der Waals surface area contributed by atoms with Crippen molar-refractivity contribution in [1.29, 1.82) is 0 Å². The molecule has 0 radical (unpaired) electrons. The summed E-state index contributed by atoms with van der Waals surface area (Å²) in [7, 11) is 2.17. The number of nitrogens with one attached hydrogen (secondary N) is 1. The third kappa shape index (κ3) is 2.60. The Kier molecular flexibility index (Phi) is 4.38. The standard InChI is InChI=1S/C16H32N2/c1-15(2,3)14(17-4)16(10-6-7-11-16)18-12-8-5-9-13-18/h14,17H,5-13H2,1-4H3. The first kappa shape index (κ1) is 14.3. The molecule has 2 rings (SSSR count). The lowest BCUT2D eigenvalue weighted by atomic mass is 9.71. The minimum Gasteiger partial charge on any atom is -0.315 e. The van der Waals surface area contributed by atoms with Gasteiger partial charge in [-0.15, -0.1) is 0 Å². The molecule has 0 spiro atoms. The third-order valence-corrected chi connectivity index (χ3v) is 5.15. The van der Waals surface area contributed by atoms with Crippen LogP contribution in [0.2, 0.25) is 0 Å². The lowest BCUT2D eigenvalue weighted by molar-refractivity contribution is 0.00286. The first-order valence-electron chi connectivity index (χ1n) is 7.93. The van der Waals surface area contributed by atoms with Crippen molar-refractivity contribution in [2.24, 2.45) is 5.41 Å². The SMILES string of the molecule is CNC(C(C)(C)C)C1(N2CCCCC2)CCCC1. The topological polar surface area (TPSA) is 15.3 Å². The number of hydrogen-bond donors (Lipinski definition) is 1. The molecule has 1 unspecified atom stereocenters. The molecule has 0 amide bonds. The van der Waals surface area contributed by atoms with Gasteiger partial charge in [0.05, 0.1) is 0 Å². The van der Waals surface area contributed by atoms with Gasteiger partial charge in [-0.05, 0) is 51.2 Å². The van der Waals surface area contributed by atoms with E-state index in [1.54, 1.807) is 0 Å². The van der Waals surface area contributed by atoms with E-state index in [0.717, 1.165) is 0 Å². The summed E-state index contributed by atoms with van der Waals surface area (Å²) in [5.41, 5.74) is 0.782. The summed E-state index contributed by atoms with van der Waals surface area (Å²) in [6.07, 6.45) is 9.89. The zero-order valence-electron chi connectivity index (χ0n) is 12.9. The van der Waals surface area contributed by atoms with E-state index in [0.29, 0.717) is 17.0 Å². The molecule has 2 aliphatic rings. The predicted octanol–water partition coefficient (Wildman–Crippen LogP) is 3.42. The maximum Gasteiger partial charge on any atom is 0.0367 e. The van der Waals surface area contributed by atoms with Crippen LogP contribution in [0.25, 0.3) is 0 Å². The highest BCUT2D eigenvalue weighted by molar-refractivity contribution is 5.07. The van der Waals surface area contributed by atoms with Gasteiger partial charge >= 0.3 is 0 Å². The molecule has 2 fully saturated rings. The van der Waals surface area contributed by atoms with Crippen molar-refractivity contribution in [1.82, 2.24) is 10.2 Å². The average molecular weight is 252 g/mol. The Morgan fingerprint density at radius 1 is 0.944 bits per heavy atom. The molecule has 1 saturated carbocycles. The fourth-order valence-electron chi connectivity index (χ4n) is 4.62. The molecular formula is C16H32N2. The lowest BCUT2D eigenvalue weighted by Gasteiger charge is -2.52. The molecule has 0 aromatic carbocycles. The van der Waals surface area contributed by atoms with E-state index >= 15 is 0 Å². The second-order valence-electron chi connectivity index (χ2n) is 7.45. The van der Waals surface area contributed by atoms with E-state index in [4.69, 9.17) is 0 Å². The summed E-state index contributed by atoms with van der Waals surface area (Å²) in [6, 6.07) is 0.616. The van der Waals surface area contributed by atoms with Gasteiger partial charge in [0.15, 0.2) is 0 Å². The van der Waals surface area contributed by atoms with Gasteiger partial charge in [0.1, 0.15) is 0 Å². The first-order chi connectivity index (χ1) is 8.50. The first-order valence-corrected chi connectivity index (χ1v) is 7.93. The molecule has 0 bridgehead atoms. The maximum atomic E-state index is 3.68. The van der Waals surface area contributed by atoms with Crippen molar-refractivity contribution in [2.75, 3.05) is 20.1 Å². The summed E-state index contributed by atoms with van der Waals surface area (Å²) in [6.45, 7) is 9.86. The quantitative estimate of drug-likeness (QED) is 0.828. The van der Waals surface area contributed by atoms with Gasteiger partial charge in [-0.3, -0.25) is 4.90 Å². The molecule has 0 aromatic rings. The Hall–Kier alpha value is -0.0800. The molecule has 18 heavy (non-hydrogen) atoms. The predicted molar refractivity (Wildman–Crippen MR) is 78.9 cm³/mol. The van der Waals surface area contributed by atoms with E-state index in [1.807, 2.05) is 0 Å². The Labute approximate surface area is 114 Å². The van der Waals surface area contributed by atoms with Crippen LogP contribution in [0.15, 0.2) is 0 Å². The largest absolute Gasteiger partial charge is 0.315 e. The zero-order valence-corrected chi connectivity index (χ0v) is 12.9. The van der Waals surface area contributed by atoms with Gasteiger partial charge in [-0.1, -0.05) is 40.0 Å². The second kappa shape index (κ2) is 5.50. The van der Waals surface area contributed by atoms with Crippen molar-refractivity contribution < 1.29 is 0 Å². The minimum atomic E-state index is 0.344. The number of piperidine rings is 1. The monoisotopic (exact) mass is 252 g/mol. The van der Waals surface area contributed by atoms with Crippen LogP contribution in [-0.4, -0.2) is 36.6 Å². The van der Waals surface area contributed by atoms with E-state index in [2.05, 4.69) is 38.0 Å². The van der Waals surface area contributed by atoms with Crippen molar-refractivity contribution in [3.05, 3.63) is 0 Å². The number of nitrogens with zero attached hydrogens (tertiary/aromatic N) is 1. The zero-order chi connectivity index (χ0) is 13.2. The van der Waals surface area contributed by atoms with Crippen LogP contribution in [0.1, 0.15) is 65.7 Å². The number of rotatable bonds is 3. The van der Waals surface area contributed by atoms with E-state index in [-0.39, 0.29) is 0 Å². The van der Waals surface area contributed by atoms with Crippen molar-refractivity contribution >= 4 is 0 Å². The molecule has 106 valence electrons. The maximum absolute atomic E-state index is 3.68. The molecule has 1 N–H and O–H groups in total. The fourth-order valence-corrected chi connectivity index (χ4v) is 4.62. The molecule has 1 heterocycles. The van der Waals surface area contributed by atoms with Crippen molar-refractivity contribution in [3.8, 4) is 0 Å². The van der Waals surface area contributed by atoms with Crippen LogP contribution in [0.4, 0.5) is 0 Å².